The maximum absolute atomic E-state index is 14.4. The van der Waals surface area contributed by atoms with E-state index in [-0.39, 0.29) is 24.5 Å². The van der Waals surface area contributed by atoms with Gasteiger partial charge in [-0.05, 0) is 65.6 Å². The van der Waals surface area contributed by atoms with Crippen LogP contribution < -0.4 is 13.7 Å². The van der Waals surface area contributed by atoms with E-state index in [1.54, 1.807) is 19.1 Å². The summed E-state index contributed by atoms with van der Waals surface area (Å²) in [4.78, 5) is 53.4. The Labute approximate surface area is 472 Å². The number of piperazine rings is 2. The molecule has 2 spiro atoms. The van der Waals surface area contributed by atoms with Crippen LogP contribution in [0.25, 0.3) is 21.5 Å². The monoisotopic (exact) mass is 1150 g/mol. The van der Waals surface area contributed by atoms with Crippen LogP contribution in [0.1, 0.15) is 49.9 Å². The zero-order chi connectivity index (χ0) is 57.7. The van der Waals surface area contributed by atoms with Gasteiger partial charge in [0.25, 0.3) is 20.0 Å². The maximum Gasteiger partial charge on any atom is 0.352 e. The van der Waals surface area contributed by atoms with Crippen molar-refractivity contribution in [3.63, 3.8) is 0 Å². The van der Waals surface area contributed by atoms with Crippen molar-refractivity contribution in [2.24, 2.45) is 23.7 Å². The summed E-state index contributed by atoms with van der Waals surface area (Å²) in [7, 11) is 1.04. The lowest BCUT2D eigenvalue weighted by atomic mass is 9.78. The third kappa shape index (κ3) is 7.72. The Hall–Kier alpha value is -5.98. The third-order valence-corrected chi connectivity index (χ3v) is 24.6. The predicted molar refractivity (Wildman–Crippen MR) is 297 cm³/mol. The summed E-state index contributed by atoms with van der Waals surface area (Å²) in [5.74, 6) is -5.94. The molecule has 22 heteroatoms. The highest BCUT2D eigenvalue weighted by molar-refractivity contribution is 7.94. The highest BCUT2D eigenvalue weighted by Crippen LogP contribution is 2.54. The van der Waals surface area contributed by atoms with Gasteiger partial charge in [-0.15, -0.1) is 0 Å². The number of hydrogen-bond acceptors (Lipinski definition) is 11. The minimum Gasteiger partial charge on any atom is -0.543 e. The molecule has 4 fully saturated rings. The molecule has 0 unspecified atom stereocenters. The number of amides is 2. The molecule has 14 rings (SSSR count). The number of aliphatic hydroxyl groups is 2. The Morgan fingerprint density at radius 2 is 1.14 bits per heavy atom. The minimum absolute atomic E-state index is 0.149. The number of anilines is 2. The fraction of sp³-hybridized carbons (Fsp3) is 0.525. The molecule has 10 aliphatic heterocycles. The van der Waals surface area contributed by atoms with E-state index < -0.39 is 91.8 Å². The second-order valence-electron chi connectivity index (χ2n) is 26.6. The topological polar surface area (TPSA) is 233 Å². The number of fused-ring (bicyclic) bond motifs is 6. The second kappa shape index (κ2) is 17.8. The molecular formula is C59H73N8O12S2+3. The summed E-state index contributed by atoms with van der Waals surface area (Å²) in [6.07, 6.45) is -0.964. The Morgan fingerprint density at radius 1 is 0.642 bits per heavy atom. The molecule has 430 valence electrons. The number of carboxylic acids is 2. The normalized spacial score (nSPS) is 29.6. The average molecular weight is 1150 g/mol. The number of aliphatic carboxylic acids is 2. The summed E-state index contributed by atoms with van der Waals surface area (Å²) in [5.41, 5.74) is 5.71. The third-order valence-electron chi connectivity index (χ3n) is 21.0. The van der Waals surface area contributed by atoms with E-state index in [1.807, 2.05) is 37.3 Å². The number of sulfonamides is 2. The number of carbonyl (C=O) groups excluding carboxylic acids is 3. The van der Waals surface area contributed by atoms with Gasteiger partial charge in [0.15, 0.2) is 0 Å². The average Bonchev–Trinajstić information content (AvgIpc) is 4.26. The molecule has 0 radical (unpaired) electrons. The number of carboxylic acid groups (broad SMARTS) is 2. The van der Waals surface area contributed by atoms with Crippen molar-refractivity contribution in [2.75, 3.05) is 109 Å². The van der Waals surface area contributed by atoms with E-state index in [1.165, 1.54) is 37.8 Å². The van der Waals surface area contributed by atoms with Gasteiger partial charge in [-0.2, -0.15) is 0 Å². The van der Waals surface area contributed by atoms with Crippen molar-refractivity contribution in [3.8, 4) is 0 Å². The summed E-state index contributed by atoms with van der Waals surface area (Å²) >= 11 is 0. The number of β-lactam (4-membered cyclic amide) rings is 2. The number of aliphatic hydroxyl groups excluding tert-OH is 2. The molecule has 10 heterocycles. The van der Waals surface area contributed by atoms with E-state index in [0.717, 1.165) is 124 Å². The van der Waals surface area contributed by atoms with Crippen molar-refractivity contribution in [3.05, 3.63) is 93.3 Å². The molecule has 0 saturated carbocycles. The lowest BCUT2D eigenvalue weighted by Gasteiger charge is -2.48. The van der Waals surface area contributed by atoms with Crippen LogP contribution in [0.15, 0.2) is 80.9 Å². The van der Waals surface area contributed by atoms with Crippen LogP contribution in [-0.4, -0.2) is 208 Å². The Morgan fingerprint density at radius 3 is 1.69 bits per heavy atom. The molecule has 0 bridgehead atoms. The van der Waals surface area contributed by atoms with Gasteiger partial charge in [-0.3, -0.25) is 18.2 Å². The highest BCUT2D eigenvalue weighted by Gasteiger charge is 2.62. The number of nitrogens with zero attached hydrogens (tertiary/aromatic N) is 8. The van der Waals surface area contributed by atoms with E-state index >= 15 is 0 Å². The molecule has 20 nitrogen and oxygen atoms in total. The quantitative estimate of drug-likeness (QED) is 0.169. The lowest BCUT2D eigenvalue weighted by molar-refractivity contribution is -1.03. The molecule has 2 amide bonds. The molecule has 81 heavy (non-hydrogen) atoms. The van der Waals surface area contributed by atoms with Crippen LogP contribution in [0.3, 0.4) is 0 Å². The van der Waals surface area contributed by atoms with E-state index in [0.29, 0.717) is 49.6 Å². The van der Waals surface area contributed by atoms with Crippen LogP contribution in [-0.2, 0) is 65.3 Å². The first-order valence-corrected chi connectivity index (χ1v) is 31.4. The number of rotatable bonds is 8. The summed E-state index contributed by atoms with van der Waals surface area (Å²) in [6.45, 7) is 18.1. The molecule has 4 aromatic rings. The SMILES string of the molecule is C[C@@H](O)[C@H]1C(=O)N2C(C(=O)O)=C(CN3c4cccc5c6c(cc(c45)S3(=O)=O)C[N+]3(CC6)CC[N+](C)(C)CC3)[C@H](C)[C@H]12.C[C@@H](O)[C@H]1C(=O)N2C(C(=O)[O-])=C(CN3c4cccc5cc6c(c(c45)S3(=O)=O)C[N+]3(CC[N+](C)(C)CC3)C6)[C@H](C)[C@H]12. The minimum atomic E-state index is -4.00. The fourth-order valence-corrected chi connectivity index (χ4v) is 19.8. The standard InChI is InChI=1S/C30H37N4O6S.C29H35N4O6S/c1-17-22(28(30(37)38)32-27(17)25(18(2)35)29(32)36)15-31-23-7-5-6-21-20-8-9-34(12-10-33(3,4)11-13-34)16-19(20)14-24(26(21)23)41(31,39)40;1-16-20(26(29(36)37)31-25(16)23(17(2)34)28(31)35)13-30-22-7-5-6-18-12-19-14-33(10-8-32(3,4)9-11-33)15-21(19)27(24(18)22)40(30,38)39/h5-7,14,17-18,25,27,35H,8-13,15-16H2,1-4H3;5-7,12,16-17,23,25,34H,8-11,13-15H2,1-4H3/q2*+1/p+1/t17-,18+,25+,27+;16-,17+,23+,25+/m00/s1. The van der Waals surface area contributed by atoms with Crippen molar-refractivity contribution >= 4 is 76.7 Å². The lowest BCUT2D eigenvalue weighted by Crippen LogP contribution is -2.65. The molecule has 4 aromatic carbocycles. The molecule has 0 aliphatic carbocycles. The predicted octanol–water partition coefficient (Wildman–Crippen LogP) is 1.64. The van der Waals surface area contributed by atoms with Gasteiger partial charge in [0.1, 0.15) is 82.6 Å². The van der Waals surface area contributed by atoms with Crippen molar-refractivity contribution in [1.82, 2.24) is 9.80 Å². The van der Waals surface area contributed by atoms with Gasteiger partial charge in [0, 0.05) is 45.7 Å². The molecule has 3 N–H and O–H groups in total. The number of hydrogen-bond donors (Lipinski definition) is 3. The van der Waals surface area contributed by atoms with Crippen molar-refractivity contribution < 1.29 is 74.4 Å². The Kier molecular flexibility index (Phi) is 11.9. The summed E-state index contributed by atoms with van der Waals surface area (Å²) in [5, 5.41) is 46.0. The zero-order valence-electron chi connectivity index (χ0n) is 47.3. The van der Waals surface area contributed by atoms with Gasteiger partial charge in [-0.1, -0.05) is 38.1 Å². The number of carbonyl (C=O) groups is 4. The van der Waals surface area contributed by atoms with Gasteiger partial charge in [0.05, 0.1) is 112 Å². The molecule has 8 atom stereocenters. The van der Waals surface area contributed by atoms with Crippen LogP contribution in [0.5, 0.6) is 0 Å². The Balaban J connectivity index is 0.000000153. The van der Waals surface area contributed by atoms with Crippen molar-refractivity contribution in [2.45, 2.75) is 87.8 Å². The molecular weight excluding hydrogens is 1080 g/mol. The summed E-state index contributed by atoms with van der Waals surface area (Å²) in [6, 6.07) is 14.3. The second-order valence-corrected chi connectivity index (χ2v) is 30.2. The number of quaternary nitrogens is 4. The number of benzene rings is 4. The maximum atomic E-state index is 14.4. The van der Waals surface area contributed by atoms with Gasteiger partial charge in [0.2, 0.25) is 11.8 Å². The first-order valence-electron chi connectivity index (χ1n) is 28.5. The van der Waals surface area contributed by atoms with Gasteiger partial charge < -0.3 is 53.0 Å². The van der Waals surface area contributed by atoms with Crippen LogP contribution in [0, 0.1) is 23.7 Å². The van der Waals surface area contributed by atoms with E-state index in [9.17, 15) is 56.4 Å². The van der Waals surface area contributed by atoms with Crippen LogP contribution in [0.2, 0.25) is 0 Å². The first-order chi connectivity index (χ1) is 38.0. The van der Waals surface area contributed by atoms with Crippen molar-refractivity contribution in [1.29, 1.82) is 0 Å². The fourth-order valence-electron chi connectivity index (χ4n) is 16.1. The van der Waals surface area contributed by atoms with Crippen LogP contribution in [0.4, 0.5) is 11.4 Å². The summed E-state index contributed by atoms with van der Waals surface area (Å²) < 4.78 is 63.7. The highest BCUT2D eigenvalue weighted by atomic mass is 32.2. The first kappa shape index (κ1) is 54.3. The molecule has 10 aliphatic rings. The zero-order valence-corrected chi connectivity index (χ0v) is 48.9. The molecule has 0 aromatic heterocycles. The van der Waals surface area contributed by atoms with Gasteiger partial charge in [-0.25, -0.2) is 21.6 Å². The Bertz CT molecular complexity index is 3810. The van der Waals surface area contributed by atoms with Gasteiger partial charge >= 0.3 is 5.97 Å². The number of likely N-dealkylation sites (N-methyl/N-ethyl adjacent to an activating group) is 2. The molecule has 4 saturated heterocycles. The van der Waals surface area contributed by atoms with E-state index in [4.69, 9.17) is 0 Å². The van der Waals surface area contributed by atoms with Crippen LogP contribution >= 0.6 is 0 Å². The smallest absolute Gasteiger partial charge is 0.352 e. The van der Waals surface area contributed by atoms with E-state index in [2.05, 4.69) is 34.3 Å². The largest absolute Gasteiger partial charge is 0.543 e.